The van der Waals surface area contributed by atoms with Crippen LogP contribution in [0.25, 0.3) is 21.8 Å². The van der Waals surface area contributed by atoms with Crippen LogP contribution < -0.4 is 5.32 Å². The molecule has 0 aliphatic carbocycles. The Morgan fingerprint density at radius 1 is 0.897 bits per heavy atom. The lowest BCUT2D eigenvalue weighted by atomic mass is 9.96. The highest BCUT2D eigenvalue weighted by Crippen LogP contribution is 2.32. The first-order valence-electron chi connectivity index (χ1n) is 9.70. The number of para-hydroxylation sites is 2. The lowest BCUT2D eigenvalue weighted by Crippen LogP contribution is -2.29. The van der Waals surface area contributed by atoms with E-state index in [0.29, 0.717) is 13.0 Å². The number of H-pyrrole nitrogens is 2. The van der Waals surface area contributed by atoms with Crippen LogP contribution in [0.15, 0.2) is 78.4 Å². The Balaban J connectivity index is 1.37. The summed E-state index contributed by atoms with van der Waals surface area (Å²) >= 11 is 1.73. The molecule has 2 aromatic carbocycles. The number of amides is 1. The summed E-state index contributed by atoms with van der Waals surface area (Å²) in [6, 6.07) is 20.6. The number of nitrogens with one attached hydrogen (secondary N) is 3. The molecule has 3 aromatic heterocycles. The van der Waals surface area contributed by atoms with E-state index in [4.69, 9.17) is 0 Å². The molecule has 1 amide bonds. The van der Waals surface area contributed by atoms with Crippen molar-refractivity contribution in [1.29, 1.82) is 0 Å². The summed E-state index contributed by atoms with van der Waals surface area (Å²) in [5, 5.41) is 7.57. The van der Waals surface area contributed by atoms with E-state index in [9.17, 15) is 4.79 Å². The molecule has 3 N–H and O–H groups in total. The summed E-state index contributed by atoms with van der Waals surface area (Å²) < 4.78 is 0. The predicted molar refractivity (Wildman–Crippen MR) is 119 cm³/mol. The highest BCUT2D eigenvalue weighted by atomic mass is 32.1. The Bertz CT molecular complexity index is 1270. The van der Waals surface area contributed by atoms with Crippen LogP contribution in [0.5, 0.6) is 0 Å². The average Bonchev–Trinajstić information content (AvgIpc) is 3.49. The van der Waals surface area contributed by atoms with E-state index >= 15 is 0 Å². The van der Waals surface area contributed by atoms with Gasteiger partial charge in [-0.3, -0.25) is 4.79 Å². The van der Waals surface area contributed by atoms with Gasteiger partial charge in [0.1, 0.15) is 0 Å². The third-order valence-corrected chi connectivity index (χ3v) is 6.40. The fraction of sp³-hybridized carbons (Fsp3) is 0.125. The van der Waals surface area contributed by atoms with E-state index in [1.54, 1.807) is 11.3 Å². The third kappa shape index (κ3) is 3.45. The second-order valence-electron chi connectivity index (χ2n) is 7.20. The van der Waals surface area contributed by atoms with Crippen molar-refractivity contribution in [1.82, 2.24) is 15.3 Å². The van der Waals surface area contributed by atoms with Gasteiger partial charge in [0.05, 0.1) is 6.42 Å². The highest BCUT2D eigenvalue weighted by molar-refractivity contribution is 7.10. The van der Waals surface area contributed by atoms with Crippen molar-refractivity contribution >= 4 is 39.0 Å². The molecular weight excluding hydrogens is 378 g/mol. The van der Waals surface area contributed by atoms with Crippen LogP contribution in [-0.4, -0.2) is 22.4 Å². The predicted octanol–water partition coefficient (Wildman–Crippen LogP) is 5.20. The first kappa shape index (κ1) is 17.8. The van der Waals surface area contributed by atoms with Crippen molar-refractivity contribution in [2.75, 3.05) is 6.54 Å². The number of carbonyl (C=O) groups is 1. The summed E-state index contributed by atoms with van der Waals surface area (Å²) in [5.74, 6) is 0.161. The number of hydrogen-bond donors (Lipinski definition) is 3. The topological polar surface area (TPSA) is 60.7 Å². The summed E-state index contributed by atoms with van der Waals surface area (Å²) in [6.45, 7) is 0.573. The minimum Gasteiger partial charge on any atom is -0.361 e. The zero-order valence-corrected chi connectivity index (χ0v) is 16.6. The molecule has 29 heavy (non-hydrogen) atoms. The maximum atomic E-state index is 12.7. The van der Waals surface area contributed by atoms with Gasteiger partial charge in [-0.15, -0.1) is 11.3 Å². The largest absolute Gasteiger partial charge is 0.361 e. The molecule has 0 saturated carbocycles. The fourth-order valence-electron chi connectivity index (χ4n) is 3.96. The van der Waals surface area contributed by atoms with Crippen molar-refractivity contribution in [3.8, 4) is 0 Å². The van der Waals surface area contributed by atoms with E-state index in [1.165, 1.54) is 15.8 Å². The maximum Gasteiger partial charge on any atom is 0.224 e. The molecule has 144 valence electrons. The third-order valence-electron chi connectivity index (χ3n) is 5.41. The van der Waals surface area contributed by atoms with Gasteiger partial charge in [0.2, 0.25) is 5.91 Å². The van der Waals surface area contributed by atoms with Gasteiger partial charge in [0.25, 0.3) is 0 Å². The Labute approximate surface area is 172 Å². The quantitative estimate of drug-likeness (QED) is 0.361. The van der Waals surface area contributed by atoms with Crippen molar-refractivity contribution in [3.63, 3.8) is 0 Å². The lowest BCUT2D eigenvalue weighted by Gasteiger charge is -2.16. The number of rotatable bonds is 6. The molecular formula is C24H21N3OS. The van der Waals surface area contributed by atoms with E-state index in [0.717, 1.165) is 22.0 Å². The zero-order chi connectivity index (χ0) is 19.6. The molecule has 0 spiro atoms. The Kier molecular flexibility index (Phi) is 4.66. The molecule has 4 nitrogen and oxygen atoms in total. The molecule has 1 atom stereocenters. The van der Waals surface area contributed by atoms with Crippen LogP contribution in [0.1, 0.15) is 21.9 Å². The summed E-state index contributed by atoms with van der Waals surface area (Å²) in [5.41, 5.74) is 4.42. The SMILES string of the molecule is O=C(Cc1c[nH]c2ccccc12)NC[C@@H](c1cccs1)c1c[nH]c2ccccc12. The number of aromatic nitrogens is 2. The minimum absolute atomic E-state index is 0.0381. The van der Waals surface area contributed by atoms with Gasteiger partial charge >= 0.3 is 0 Å². The van der Waals surface area contributed by atoms with Crippen LogP contribution in [0.4, 0.5) is 0 Å². The lowest BCUT2D eigenvalue weighted by molar-refractivity contribution is -0.120. The first-order valence-corrected chi connectivity index (χ1v) is 10.6. The zero-order valence-electron chi connectivity index (χ0n) is 15.8. The Hall–Kier alpha value is -3.31. The molecule has 5 rings (SSSR count). The first-order chi connectivity index (χ1) is 14.3. The monoisotopic (exact) mass is 399 g/mol. The van der Waals surface area contributed by atoms with Crippen molar-refractivity contribution in [2.45, 2.75) is 12.3 Å². The maximum absolute atomic E-state index is 12.7. The van der Waals surface area contributed by atoms with Crippen LogP contribution in [0.2, 0.25) is 0 Å². The Morgan fingerprint density at radius 2 is 1.62 bits per heavy atom. The molecule has 3 heterocycles. The second kappa shape index (κ2) is 7.60. The molecule has 0 unspecified atom stereocenters. The summed E-state index contributed by atoms with van der Waals surface area (Å²) in [7, 11) is 0. The average molecular weight is 400 g/mol. The van der Waals surface area contributed by atoms with E-state index in [2.05, 4.69) is 63.3 Å². The molecule has 0 radical (unpaired) electrons. The van der Waals surface area contributed by atoms with Gasteiger partial charge in [0, 0.05) is 51.5 Å². The van der Waals surface area contributed by atoms with Crippen LogP contribution in [0, 0.1) is 0 Å². The van der Waals surface area contributed by atoms with Gasteiger partial charge in [-0.2, -0.15) is 0 Å². The van der Waals surface area contributed by atoms with Gasteiger partial charge in [-0.05, 0) is 34.7 Å². The number of aromatic amines is 2. The van der Waals surface area contributed by atoms with Crippen LogP contribution >= 0.6 is 11.3 Å². The number of thiophene rings is 1. The van der Waals surface area contributed by atoms with Crippen molar-refractivity contribution in [2.24, 2.45) is 0 Å². The smallest absolute Gasteiger partial charge is 0.224 e. The molecule has 0 aliphatic heterocycles. The van der Waals surface area contributed by atoms with Crippen LogP contribution in [0.3, 0.4) is 0 Å². The fourth-order valence-corrected chi connectivity index (χ4v) is 4.81. The van der Waals surface area contributed by atoms with Crippen LogP contribution in [-0.2, 0) is 11.2 Å². The van der Waals surface area contributed by atoms with Crippen molar-refractivity contribution < 1.29 is 4.79 Å². The van der Waals surface area contributed by atoms with Gasteiger partial charge in [0.15, 0.2) is 0 Å². The Morgan fingerprint density at radius 3 is 2.41 bits per heavy atom. The number of fused-ring (bicyclic) bond motifs is 2. The second-order valence-corrected chi connectivity index (χ2v) is 8.18. The van der Waals surface area contributed by atoms with Gasteiger partial charge < -0.3 is 15.3 Å². The normalized spacial score (nSPS) is 12.4. The van der Waals surface area contributed by atoms with E-state index < -0.39 is 0 Å². The number of carbonyl (C=O) groups excluding carboxylic acids is 1. The summed E-state index contributed by atoms with van der Waals surface area (Å²) in [4.78, 5) is 20.6. The molecule has 5 aromatic rings. The number of benzene rings is 2. The molecule has 0 bridgehead atoms. The minimum atomic E-state index is 0.0381. The molecule has 0 aliphatic rings. The standard InChI is InChI=1S/C24H21N3OS/c28-24(12-16-13-25-21-8-3-1-6-17(16)21)27-15-20(23-10-5-11-29-23)19-14-26-22-9-4-2-7-18(19)22/h1-11,13-14,20,25-26H,12,15H2,(H,27,28)/t20-/m1/s1. The molecule has 5 heteroatoms. The molecule has 0 fully saturated rings. The summed E-state index contributed by atoms with van der Waals surface area (Å²) in [6.07, 6.45) is 4.37. The van der Waals surface area contributed by atoms with E-state index in [-0.39, 0.29) is 11.8 Å². The highest BCUT2D eigenvalue weighted by Gasteiger charge is 2.20. The molecule has 0 saturated heterocycles. The van der Waals surface area contributed by atoms with Gasteiger partial charge in [-0.25, -0.2) is 0 Å². The van der Waals surface area contributed by atoms with E-state index in [1.807, 2.05) is 30.5 Å². The van der Waals surface area contributed by atoms with Crippen molar-refractivity contribution in [3.05, 3.63) is 94.4 Å². The van der Waals surface area contributed by atoms with Gasteiger partial charge in [-0.1, -0.05) is 42.5 Å². The number of hydrogen-bond acceptors (Lipinski definition) is 2.